The standard InChI is InChI=1S/C14H27NO4/c1-14(15-2,13(16)18-4)8-9-19-12-7-5-6-11(10-12)17-3/h11-12,15H,5-10H2,1-4H3. The minimum Gasteiger partial charge on any atom is -0.468 e. The molecule has 0 aromatic heterocycles. The Morgan fingerprint density at radius 1 is 1.32 bits per heavy atom. The molecule has 5 heteroatoms. The molecule has 1 aliphatic rings. The van der Waals surface area contributed by atoms with Gasteiger partial charge < -0.3 is 19.5 Å². The van der Waals surface area contributed by atoms with E-state index in [-0.39, 0.29) is 12.1 Å². The molecule has 1 rings (SSSR count). The van der Waals surface area contributed by atoms with Crippen molar-refractivity contribution in [1.82, 2.24) is 5.32 Å². The summed E-state index contributed by atoms with van der Waals surface area (Å²) in [7, 11) is 4.92. The van der Waals surface area contributed by atoms with Crippen LogP contribution in [0.2, 0.25) is 0 Å². The van der Waals surface area contributed by atoms with Gasteiger partial charge in [-0.3, -0.25) is 4.79 Å². The van der Waals surface area contributed by atoms with Crippen molar-refractivity contribution in [1.29, 1.82) is 0 Å². The molecule has 1 aliphatic carbocycles. The average Bonchev–Trinajstić information content (AvgIpc) is 2.46. The van der Waals surface area contributed by atoms with E-state index in [1.165, 1.54) is 7.11 Å². The molecule has 0 aromatic rings. The lowest BCUT2D eigenvalue weighted by Crippen LogP contribution is -2.49. The number of ether oxygens (including phenoxy) is 3. The Kier molecular flexibility index (Phi) is 6.75. The molecule has 0 aliphatic heterocycles. The van der Waals surface area contributed by atoms with Crippen molar-refractivity contribution in [2.45, 2.75) is 56.8 Å². The van der Waals surface area contributed by atoms with Gasteiger partial charge in [0.25, 0.3) is 0 Å². The summed E-state index contributed by atoms with van der Waals surface area (Å²) in [5.74, 6) is -0.253. The van der Waals surface area contributed by atoms with E-state index in [0.29, 0.717) is 19.1 Å². The third-order valence-electron chi connectivity index (χ3n) is 4.05. The summed E-state index contributed by atoms with van der Waals surface area (Å²) in [4.78, 5) is 11.7. The zero-order valence-corrected chi connectivity index (χ0v) is 12.5. The Balaban J connectivity index is 2.34. The highest BCUT2D eigenvalue weighted by atomic mass is 16.5. The van der Waals surface area contributed by atoms with Crippen molar-refractivity contribution in [2.24, 2.45) is 0 Å². The molecule has 112 valence electrons. The van der Waals surface area contributed by atoms with Crippen LogP contribution < -0.4 is 5.32 Å². The molecule has 1 fully saturated rings. The van der Waals surface area contributed by atoms with E-state index in [1.807, 2.05) is 6.92 Å². The van der Waals surface area contributed by atoms with E-state index in [9.17, 15) is 4.79 Å². The quantitative estimate of drug-likeness (QED) is 0.712. The number of nitrogens with one attached hydrogen (secondary N) is 1. The maximum Gasteiger partial charge on any atom is 0.325 e. The number of esters is 1. The minimum atomic E-state index is -0.677. The van der Waals surface area contributed by atoms with Gasteiger partial charge in [-0.2, -0.15) is 0 Å². The average molecular weight is 273 g/mol. The number of methoxy groups -OCH3 is 2. The van der Waals surface area contributed by atoms with Gasteiger partial charge in [-0.15, -0.1) is 0 Å². The molecular formula is C14H27NO4. The third-order valence-corrected chi connectivity index (χ3v) is 4.05. The fraction of sp³-hybridized carbons (Fsp3) is 0.929. The van der Waals surface area contributed by atoms with Gasteiger partial charge in [-0.1, -0.05) is 0 Å². The number of hydrogen-bond acceptors (Lipinski definition) is 5. The SMILES string of the molecule is CNC(C)(CCOC1CCCC(OC)C1)C(=O)OC. The lowest BCUT2D eigenvalue weighted by molar-refractivity contribution is -0.149. The largest absolute Gasteiger partial charge is 0.468 e. The molecule has 5 nitrogen and oxygen atoms in total. The molecule has 3 atom stereocenters. The summed E-state index contributed by atoms with van der Waals surface area (Å²) in [6.45, 7) is 2.38. The first-order valence-corrected chi connectivity index (χ1v) is 6.97. The van der Waals surface area contributed by atoms with Crippen molar-refractivity contribution >= 4 is 5.97 Å². The Morgan fingerprint density at radius 3 is 2.58 bits per heavy atom. The lowest BCUT2D eigenvalue weighted by Gasteiger charge is -2.30. The second kappa shape index (κ2) is 7.82. The zero-order chi connectivity index (χ0) is 14.3. The summed E-state index contributed by atoms with van der Waals surface area (Å²) >= 11 is 0. The molecule has 0 spiro atoms. The lowest BCUT2D eigenvalue weighted by atomic mass is 9.94. The van der Waals surface area contributed by atoms with Crippen LogP contribution in [0.25, 0.3) is 0 Å². The van der Waals surface area contributed by atoms with Crippen LogP contribution in [0.5, 0.6) is 0 Å². The number of likely N-dealkylation sites (N-methyl/N-ethyl adjacent to an activating group) is 1. The summed E-state index contributed by atoms with van der Waals surface area (Å²) in [5.41, 5.74) is -0.677. The smallest absolute Gasteiger partial charge is 0.325 e. The van der Waals surface area contributed by atoms with E-state index >= 15 is 0 Å². The van der Waals surface area contributed by atoms with Gasteiger partial charge in [0.05, 0.1) is 19.3 Å². The van der Waals surface area contributed by atoms with E-state index in [2.05, 4.69) is 5.32 Å². The predicted molar refractivity (Wildman–Crippen MR) is 73.1 cm³/mol. The maximum absolute atomic E-state index is 11.7. The zero-order valence-electron chi connectivity index (χ0n) is 12.5. The van der Waals surface area contributed by atoms with Crippen molar-refractivity contribution in [3.05, 3.63) is 0 Å². The number of hydrogen-bond donors (Lipinski definition) is 1. The van der Waals surface area contributed by atoms with Crippen molar-refractivity contribution in [3.8, 4) is 0 Å². The second-order valence-corrected chi connectivity index (χ2v) is 5.34. The Hall–Kier alpha value is -0.650. The van der Waals surface area contributed by atoms with Gasteiger partial charge in [0.1, 0.15) is 5.54 Å². The van der Waals surface area contributed by atoms with Crippen LogP contribution in [-0.2, 0) is 19.0 Å². The molecule has 0 aromatic carbocycles. The summed E-state index contributed by atoms with van der Waals surface area (Å²) in [6.07, 6.45) is 5.45. The Morgan fingerprint density at radius 2 is 2.00 bits per heavy atom. The molecule has 0 radical (unpaired) electrons. The first-order valence-electron chi connectivity index (χ1n) is 6.97. The van der Waals surface area contributed by atoms with E-state index in [4.69, 9.17) is 14.2 Å². The number of carbonyl (C=O) groups is 1. The monoisotopic (exact) mass is 273 g/mol. The Bertz CT molecular complexity index is 285. The minimum absolute atomic E-state index is 0.248. The molecule has 19 heavy (non-hydrogen) atoms. The van der Waals surface area contributed by atoms with Gasteiger partial charge in [0.15, 0.2) is 0 Å². The van der Waals surface area contributed by atoms with Crippen molar-refractivity contribution < 1.29 is 19.0 Å². The van der Waals surface area contributed by atoms with Crippen LogP contribution in [0.15, 0.2) is 0 Å². The van der Waals surface area contributed by atoms with Crippen molar-refractivity contribution in [3.63, 3.8) is 0 Å². The van der Waals surface area contributed by atoms with Crippen LogP contribution >= 0.6 is 0 Å². The van der Waals surface area contributed by atoms with E-state index in [0.717, 1.165) is 25.7 Å². The molecule has 3 unspecified atom stereocenters. The third kappa shape index (κ3) is 4.75. The fourth-order valence-electron chi connectivity index (χ4n) is 2.45. The Labute approximate surface area is 116 Å². The molecule has 0 amide bonds. The number of rotatable bonds is 7. The maximum atomic E-state index is 11.7. The van der Waals surface area contributed by atoms with E-state index in [1.54, 1.807) is 14.2 Å². The first kappa shape index (κ1) is 16.4. The van der Waals surface area contributed by atoms with Gasteiger partial charge >= 0.3 is 5.97 Å². The molecule has 1 N–H and O–H groups in total. The molecule has 0 bridgehead atoms. The van der Waals surface area contributed by atoms with E-state index < -0.39 is 5.54 Å². The van der Waals surface area contributed by atoms with Crippen LogP contribution in [0, 0.1) is 0 Å². The number of carbonyl (C=O) groups excluding carboxylic acids is 1. The first-order chi connectivity index (χ1) is 9.05. The van der Waals surface area contributed by atoms with Crippen LogP contribution in [0.1, 0.15) is 39.0 Å². The van der Waals surface area contributed by atoms with Crippen LogP contribution in [0.4, 0.5) is 0 Å². The second-order valence-electron chi connectivity index (χ2n) is 5.34. The normalized spacial score (nSPS) is 26.7. The van der Waals surface area contributed by atoms with Crippen LogP contribution in [0.3, 0.4) is 0 Å². The highest BCUT2D eigenvalue weighted by Gasteiger charge is 2.32. The molecular weight excluding hydrogens is 246 g/mol. The predicted octanol–water partition coefficient (Wildman–Crippen LogP) is 1.50. The van der Waals surface area contributed by atoms with Gasteiger partial charge in [-0.25, -0.2) is 0 Å². The molecule has 1 saturated carbocycles. The fourth-order valence-corrected chi connectivity index (χ4v) is 2.45. The molecule has 0 saturated heterocycles. The molecule has 0 heterocycles. The summed E-state index contributed by atoms with van der Waals surface area (Å²) < 4.78 is 16.1. The van der Waals surface area contributed by atoms with Crippen LogP contribution in [-0.4, -0.2) is 51.6 Å². The van der Waals surface area contributed by atoms with Gasteiger partial charge in [0, 0.05) is 13.7 Å². The van der Waals surface area contributed by atoms with Gasteiger partial charge in [0.2, 0.25) is 0 Å². The highest BCUT2D eigenvalue weighted by molar-refractivity contribution is 5.80. The topological polar surface area (TPSA) is 56.8 Å². The summed E-state index contributed by atoms with van der Waals surface area (Å²) in [5, 5.41) is 3.01. The summed E-state index contributed by atoms with van der Waals surface area (Å²) in [6, 6.07) is 0. The highest BCUT2D eigenvalue weighted by Crippen LogP contribution is 2.23. The van der Waals surface area contributed by atoms with Crippen molar-refractivity contribution in [2.75, 3.05) is 27.9 Å². The van der Waals surface area contributed by atoms with Gasteiger partial charge in [-0.05, 0) is 46.1 Å².